The first-order valence-corrected chi connectivity index (χ1v) is 8.90. The van der Waals surface area contributed by atoms with E-state index in [0.717, 1.165) is 11.4 Å². The van der Waals surface area contributed by atoms with Crippen LogP contribution < -0.4 is 0 Å². The van der Waals surface area contributed by atoms with Crippen molar-refractivity contribution in [1.82, 2.24) is 14.7 Å². The number of aryl methyl sites for hydroxylation is 1. The van der Waals surface area contributed by atoms with E-state index < -0.39 is 0 Å². The van der Waals surface area contributed by atoms with E-state index in [9.17, 15) is 9.90 Å². The number of hydrogen-bond acceptors (Lipinski definition) is 3. The molecule has 5 heteroatoms. The predicted octanol–water partition coefficient (Wildman–Crippen LogP) is 3.08. The van der Waals surface area contributed by atoms with Crippen molar-refractivity contribution in [2.75, 3.05) is 13.1 Å². The molecule has 0 atom stereocenters. The Balaban J connectivity index is 1.97. The number of carbonyl (C=O) groups is 1. The molecule has 0 radical (unpaired) electrons. The predicted molar refractivity (Wildman–Crippen MR) is 98.1 cm³/mol. The maximum absolute atomic E-state index is 13.1. The SMILES string of the molecule is Cc1ccc(-n2cc(C(=O)N3CCC(O)CC3)c(C(C)(C)C)n2)cc1. The van der Waals surface area contributed by atoms with Crippen molar-refractivity contribution in [2.45, 2.75) is 52.1 Å². The Kier molecular flexibility index (Phi) is 4.69. The second-order valence-electron chi connectivity index (χ2n) is 7.94. The van der Waals surface area contributed by atoms with Crippen LogP contribution in [0.4, 0.5) is 0 Å². The van der Waals surface area contributed by atoms with Crippen LogP contribution in [0.25, 0.3) is 5.69 Å². The molecule has 134 valence electrons. The second kappa shape index (κ2) is 6.64. The largest absolute Gasteiger partial charge is 0.393 e. The van der Waals surface area contributed by atoms with Crippen LogP contribution in [0.15, 0.2) is 30.5 Å². The molecular weight excluding hydrogens is 314 g/mol. The summed E-state index contributed by atoms with van der Waals surface area (Å²) in [5, 5.41) is 14.4. The first-order valence-electron chi connectivity index (χ1n) is 8.90. The van der Waals surface area contributed by atoms with Gasteiger partial charge in [0.1, 0.15) is 0 Å². The van der Waals surface area contributed by atoms with E-state index in [1.807, 2.05) is 42.3 Å². The average molecular weight is 341 g/mol. The van der Waals surface area contributed by atoms with Crippen molar-refractivity contribution < 1.29 is 9.90 Å². The molecule has 1 saturated heterocycles. The van der Waals surface area contributed by atoms with E-state index in [0.29, 0.717) is 31.5 Å². The lowest BCUT2D eigenvalue weighted by atomic mass is 9.89. The highest BCUT2D eigenvalue weighted by molar-refractivity contribution is 5.95. The smallest absolute Gasteiger partial charge is 0.257 e. The molecule has 1 aliphatic rings. The average Bonchev–Trinajstić information content (AvgIpc) is 3.01. The van der Waals surface area contributed by atoms with Gasteiger partial charge < -0.3 is 10.0 Å². The third-order valence-corrected chi connectivity index (χ3v) is 4.71. The van der Waals surface area contributed by atoms with Crippen LogP contribution in [0.3, 0.4) is 0 Å². The van der Waals surface area contributed by atoms with Gasteiger partial charge in [0.2, 0.25) is 0 Å². The van der Waals surface area contributed by atoms with Gasteiger partial charge >= 0.3 is 0 Å². The number of aliphatic hydroxyl groups is 1. The van der Waals surface area contributed by atoms with E-state index >= 15 is 0 Å². The quantitative estimate of drug-likeness (QED) is 0.913. The number of piperidine rings is 1. The lowest BCUT2D eigenvalue weighted by molar-refractivity contribution is 0.0544. The van der Waals surface area contributed by atoms with Gasteiger partial charge in [0.25, 0.3) is 5.91 Å². The van der Waals surface area contributed by atoms with Crippen molar-refractivity contribution in [3.63, 3.8) is 0 Å². The van der Waals surface area contributed by atoms with Gasteiger partial charge in [-0.15, -0.1) is 0 Å². The summed E-state index contributed by atoms with van der Waals surface area (Å²) in [6.07, 6.45) is 2.84. The molecule has 1 aromatic heterocycles. The molecule has 0 spiro atoms. The zero-order valence-electron chi connectivity index (χ0n) is 15.5. The standard InChI is InChI=1S/C20H27N3O2/c1-14-5-7-15(8-6-14)23-13-17(18(21-23)20(2,3)4)19(25)22-11-9-16(24)10-12-22/h5-8,13,16,24H,9-12H2,1-4H3. The topological polar surface area (TPSA) is 58.4 Å². The minimum Gasteiger partial charge on any atom is -0.393 e. The van der Waals surface area contributed by atoms with Crippen molar-refractivity contribution in [3.8, 4) is 5.69 Å². The van der Waals surface area contributed by atoms with Gasteiger partial charge in [-0.3, -0.25) is 4.79 Å². The molecule has 25 heavy (non-hydrogen) atoms. The highest BCUT2D eigenvalue weighted by Gasteiger charge is 2.30. The number of amides is 1. The van der Waals surface area contributed by atoms with Crippen LogP contribution >= 0.6 is 0 Å². The first kappa shape index (κ1) is 17.7. The second-order valence-corrected chi connectivity index (χ2v) is 7.94. The summed E-state index contributed by atoms with van der Waals surface area (Å²) in [6, 6.07) is 8.11. The number of nitrogens with zero attached hydrogens (tertiary/aromatic N) is 3. The zero-order valence-corrected chi connectivity index (χ0v) is 15.5. The molecule has 1 aliphatic heterocycles. The summed E-state index contributed by atoms with van der Waals surface area (Å²) in [5.74, 6) is 0.00943. The third kappa shape index (κ3) is 3.76. The molecule has 1 N–H and O–H groups in total. The summed E-state index contributed by atoms with van der Waals surface area (Å²) in [4.78, 5) is 14.9. The van der Waals surface area contributed by atoms with Gasteiger partial charge in [0.15, 0.2) is 0 Å². The van der Waals surface area contributed by atoms with Crippen molar-refractivity contribution in [1.29, 1.82) is 0 Å². The molecule has 0 unspecified atom stereocenters. The van der Waals surface area contributed by atoms with Gasteiger partial charge in [-0.05, 0) is 31.9 Å². The van der Waals surface area contributed by atoms with Crippen molar-refractivity contribution in [2.24, 2.45) is 0 Å². The van der Waals surface area contributed by atoms with Gasteiger partial charge in [-0.1, -0.05) is 38.5 Å². The zero-order chi connectivity index (χ0) is 18.2. The molecule has 3 rings (SSSR count). The Hall–Kier alpha value is -2.14. The summed E-state index contributed by atoms with van der Waals surface area (Å²) in [5.41, 5.74) is 3.38. The molecule has 0 aliphatic carbocycles. The summed E-state index contributed by atoms with van der Waals surface area (Å²) in [6.45, 7) is 9.47. The normalized spacial score (nSPS) is 16.3. The minimum absolute atomic E-state index is 0.00943. The van der Waals surface area contributed by atoms with E-state index in [1.165, 1.54) is 5.56 Å². The maximum atomic E-state index is 13.1. The molecule has 1 aromatic carbocycles. The highest BCUT2D eigenvalue weighted by atomic mass is 16.3. The summed E-state index contributed by atoms with van der Waals surface area (Å²) >= 11 is 0. The van der Waals surface area contributed by atoms with Gasteiger partial charge in [0, 0.05) is 24.7 Å². The monoisotopic (exact) mass is 341 g/mol. The molecule has 2 aromatic rings. The number of aromatic nitrogens is 2. The fourth-order valence-corrected chi connectivity index (χ4v) is 3.15. The van der Waals surface area contributed by atoms with Gasteiger partial charge in [-0.25, -0.2) is 4.68 Å². The van der Waals surface area contributed by atoms with Gasteiger partial charge in [0.05, 0.1) is 23.0 Å². The van der Waals surface area contributed by atoms with Crippen LogP contribution in [0.2, 0.25) is 0 Å². The third-order valence-electron chi connectivity index (χ3n) is 4.71. The summed E-state index contributed by atoms with van der Waals surface area (Å²) < 4.78 is 1.80. The Morgan fingerprint density at radius 2 is 1.76 bits per heavy atom. The van der Waals surface area contributed by atoms with E-state index in [1.54, 1.807) is 4.68 Å². The van der Waals surface area contributed by atoms with Crippen molar-refractivity contribution in [3.05, 3.63) is 47.3 Å². The first-order chi connectivity index (χ1) is 11.8. The van der Waals surface area contributed by atoms with Crippen LogP contribution in [0, 0.1) is 6.92 Å². The van der Waals surface area contributed by atoms with E-state index in [2.05, 4.69) is 20.8 Å². The fourth-order valence-electron chi connectivity index (χ4n) is 3.15. The lowest BCUT2D eigenvalue weighted by Crippen LogP contribution is -2.40. The fraction of sp³-hybridized carbons (Fsp3) is 0.500. The maximum Gasteiger partial charge on any atom is 0.257 e. The molecule has 0 saturated carbocycles. The van der Waals surface area contributed by atoms with Crippen LogP contribution in [-0.4, -0.2) is 44.9 Å². The number of hydrogen-bond donors (Lipinski definition) is 1. The molecular formula is C20H27N3O2. The van der Waals surface area contributed by atoms with Crippen LogP contribution in [0.1, 0.15) is 55.2 Å². The Morgan fingerprint density at radius 3 is 2.32 bits per heavy atom. The summed E-state index contributed by atoms with van der Waals surface area (Å²) in [7, 11) is 0. The lowest BCUT2D eigenvalue weighted by Gasteiger charge is -2.30. The van der Waals surface area contributed by atoms with Gasteiger partial charge in [-0.2, -0.15) is 5.10 Å². The van der Waals surface area contributed by atoms with Crippen LogP contribution in [0.5, 0.6) is 0 Å². The van der Waals surface area contributed by atoms with Crippen LogP contribution in [-0.2, 0) is 5.41 Å². The van der Waals surface area contributed by atoms with E-state index in [-0.39, 0.29) is 17.4 Å². The molecule has 2 heterocycles. The Labute approximate surface area is 149 Å². The number of rotatable bonds is 2. The van der Waals surface area contributed by atoms with Crippen molar-refractivity contribution >= 4 is 5.91 Å². The Morgan fingerprint density at radius 1 is 1.16 bits per heavy atom. The molecule has 5 nitrogen and oxygen atoms in total. The minimum atomic E-state index is -0.290. The number of likely N-dealkylation sites (tertiary alicyclic amines) is 1. The number of benzene rings is 1. The molecule has 1 amide bonds. The Bertz CT molecular complexity index is 748. The highest BCUT2D eigenvalue weighted by Crippen LogP contribution is 2.27. The number of aliphatic hydroxyl groups excluding tert-OH is 1. The van der Waals surface area contributed by atoms with E-state index in [4.69, 9.17) is 5.10 Å². The molecule has 1 fully saturated rings. The number of carbonyl (C=O) groups excluding carboxylic acids is 1. The molecule has 0 bridgehead atoms.